The lowest BCUT2D eigenvalue weighted by atomic mass is 10.1. The highest BCUT2D eigenvalue weighted by molar-refractivity contribution is 6.06. The molecule has 0 aliphatic rings. The molecule has 0 radical (unpaired) electrons. The minimum atomic E-state index is -0.108. The van der Waals surface area contributed by atoms with E-state index >= 15 is 0 Å². The number of allylic oxidation sites excluding steroid dienone is 1. The van der Waals surface area contributed by atoms with E-state index in [1.165, 1.54) is 12.3 Å². The van der Waals surface area contributed by atoms with Crippen molar-refractivity contribution in [3.63, 3.8) is 0 Å². The number of carbonyl (C=O) groups excluding carboxylic acids is 1. The summed E-state index contributed by atoms with van der Waals surface area (Å²) in [6, 6.07) is 8.96. The van der Waals surface area contributed by atoms with Crippen LogP contribution in [0.3, 0.4) is 0 Å². The van der Waals surface area contributed by atoms with Crippen LogP contribution in [0, 0.1) is 0 Å². The molecule has 20 heavy (non-hydrogen) atoms. The molecular weight excluding hydrogens is 254 g/mol. The summed E-state index contributed by atoms with van der Waals surface area (Å²) >= 11 is 0. The fraction of sp³-hybridized carbons (Fsp3) is 0.125. The summed E-state index contributed by atoms with van der Waals surface area (Å²) < 4.78 is 10.5. The Kier molecular flexibility index (Phi) is 4.50. The normalized spacial score (nSPS) is 10.5. The van der Waals surface area contributed by atoms with Crippen LogP contribution >= 0.6 is 0 Å². The van der Waals surface area contributed by atoms with Crippen molar-refractivity contribution in [1.29, 1.82) is 0 Å². The maximum Gasteiger partial charge on any atom is 0.187 e. The Bertz CT molecular complexity index is 621. The van der Waals surface area contributed by atoms with E-state index in [2.05, 4.69) is 4.98 Å². The predicted octanol–water partition coefficient (Wildman–Crippen LogP) is 2.99. The van der Waals surface area contributed by atoms with Crippen molar-refractivity contribution in [2.24, 2.45) is 0 Å². The molecule has 0 spiro atoms. The van der Waals surface area contributed by atoms with Gasteiger partial charge in [-0.3, -0.25) is 9.78 Å². The number of nitrogens with zero attached hydrogens (tertiary/aromatic N) is 1. The molecule has 1 aromatic heterocycles. The molecule has 4 nitrogen and oxygen atoms in total. The van der Waals surface area contributed by atoms with Crippen LogP contribution in [0.25, 0.3) is 6.08 Å². The minimum Gasteiger partial charge on any atom is -0.493 e. The Morgan fingerprint density at radius 3 is 2.65 bits per heavy atom. The molecule has 0 fully saturated rings. The van der Waals surface area contributed by atoms with Gasteiger partial charge in [0.15, 0.2) is 17.3 Å². The van der Waals surface area contributed by atoms with Gasteiger partial charge in [-0.1, -0.05) is 12.1 Å². The van der Waals surface area contributed by atoms with Gasteiger partial charge < -0.3 is 9.47 Å². The predicted molar refractivity (Wildman–Crippen MR) is 77.1 cm³/mol. The highest BCUT2D eigenvalue weighted by Gasteiger charge is 2.07. The zero-order valence-electron chi connectivity index (χ0n) is 11.4. The molecule has 1 heterocycles. The van der Waals surface area contributed by atoms with E-state index in [1.54, 1.807) is 44.7 Å². The van der Waals surface area contributed by atoms with Crippen LogP contribution in [0.15, 0.2) is 48.8 Å². The standard InChI is InChI=1S/C16H15NO3/c1-19-15-7-3-5-12(16(15)20-2)8-9-14(18)13-6-4-10-17-11-13/h3-11H,1-2H3/b9-8+. The molecule has 1 aromatic carbocycles. The van der Waals surface area contributed by atoms with Gasteiger partial charge in [0.25, 0.3) is 0 Å². The smallest absolute Gasteiger partial charge is 0.187 e. The first-order valence-electron chi connectivity index (χ1n) is 6.09. The Morgan fingerprint density at radius 1 is 1.15 bits per heavy atom. The summed E-state index contributed by atoms with van der Waals surface area (Å²) in [5.41, 5.74) is 1.33. The molecule has 2 rings (SSSR count). The number of para-hydroxylation sites is 1. The molecule has 2 aromatic rings. The zero-order valence-corrected chi connectivity index (χ0v) is 11.4. The summed E-state index contributed by atoms with van der Waals surface area (Å²) in [6.45, 7) is 0. The Balaban J connectivity index is 2.26. The maximum absolute atomic E-state index is 12.0. The number of hydrogen-bond donors (Lipinski definition) is 0. The van der Waals surface area contributed by atoms with E-state index in [4.69, 9.17) is 9.47 Å². The van der Waals surface area contributed by atoms with Crippen LogP contribution in [0.4, 0.5) is 0 Å². The van der Waals surface area contributed by atoms with Crippen LogP contribution < -0.4 is 9.47 Å². The number of ether oxygens (including phenoxy) is 2. The van der Waals surface area contributed by atoms with Crippen molar-refractivity contribution in [1.82, 2.24) is 4.98 Å². The van der Waals surface area contributed by atoms with E-state index in [-0.39, 0.29) is 5.78 Å². The first-order chi connectivity index (χ1) is 9.76. The van der Waals surface area contributed by atoms with Crippen LogP contribution in [0.1, 0.15) is 15.9 Å². The van der Waals surface area contributed by atoms with Gasteiger partial charge in [0, 0.05) is 23.5 Å². The van der Waals surface area contributed by atoms with Gasteiger partial charge in [-0.15, -0.1) is 0 Å². The lowest BCUT2D eigenvalue weighted by molar-refractivity contribution is 0.104. The first kappa shape index (κ1) is 13.8. The van der Waals surface area contributed by atoms with E-state index in [0.29, 0.717) is 17.1 Å². The van der Waals surface area contributed by atoms with Crippen molar-refractivity contribution in [2.75, 3.05) is 14.2 Å². The molecule has 0 aliphatic heterocycles. The number of ketones is 1. The third kappa shape index (κ3) is 3.03. The second-order valence-corrected chi connectivity index (χ2v) is 4.02. The number of methoxy groups -OCH3 is 2. The first-order valence-corrected chi connectivity index (χ1v) is 6.09. The molecule has 0 bridgehead atoms. The number of aromatic nitrogens is 1. The van der Waals surface area contributed by atoms with Gasteiger partial charge in [-0.2, -0.15) is 0 Å². The zero-order chi connectivity index (χ0) is 14.4. The van der Waals surface area contributed by atoms with Gasteiger partial charge in [-0.25, -0.2) is 0 Å². The van der Waals surface area contributed by atoms with Crippen LogP contribution in [0.5, 0.6) is 11.5 Å². The quantitative estimate of drug-likeness (QED) is 0.618. The molecule has 0 atom stereocenters. The highest BCUT2D eigenvalue weighted by atomic mass is 16.5. The Hall–Kier alpha value is -2.62. The molecule has 0 saturated heterocycles. The SMILES string of the molecule is COc1cccc(/C=C/C(=O)c2cccnc2)c1OC. The van der Waals surface area contributed by atoms with Crippen LogP contribution in [0.2, 0.25) is 0 Å². The van der Waals surface area contributed by atoms with E-state index in [9.17, 15) is 4.79 Å². The Labute approximate surface area is 117 Å². The molecule has 0 N–H and O–H groups in total. The van der Waals surface area contributed by atoms with Crippen molar-refractivity contribution in [2.45, 2.75) is 0 Å². The second kappa shape index (κ2) is 6.52. The minimum absolute atomic E-state index is 0.108. The summed E-state index contributed by atoms with van der Waals surface area (Å²) in [6.07, 6.45) is 6.37. The number of carbonyl (C=O) groups is 1. The molecule has 0 unspecified atom stereocenters. The second-order valence-electron chi connectivity index (χ2n) is 4.02. The number of hydrogen-bond acceptors (Lipinski definition) is 4. The van der Waals surface area contributed by atoms with Crippen molar-refractivity contribution in [3.8, 4) is 11.5 Å². The van der Waals surface area contributed by atoms with Gasteiger partial charge in [0.1, 0.15) is 0 Å². The summed E-state index contributed by atoms with van der Waals surface area (Å²) in [5.74, 6) is 1.12. The van der Waals surface area contributed by atoms with E-state index in [1.807, 2.05) is 12.1 Å². The maximum atomic E-state index is 12.0. The van der Waals surface area contributed by atoms with E-state index in [0.717, 1.165) is 5.56 Å². The molecular formula is C16H15NO3. The summed E-state index contributed by atoms with van der Waals surface area (Å²) in [4.78, 5) is 15.9. The van der Waals surface area contributed by atoms with Gasteiger partial charge in [-0.05, 0) is 30.4 Å². The van der Waals surface area contributed by atoms with Crippen molar-refractivity contribution < 1.29 is 14.3 Å². The monoisotopic (exact) mass is 269 g/mol. The van der Waals surface area contributed by atoms with Gasteiger partial charge in [0.2, 0.25) is 0 Å². The van der Waals surface area contributed by atoms with Gasteiger partial charge >= 0.3 is 0 Å². The summed E-state index contributed by atoms with van der Waals surface area (Å²) in [7, 11) is 3.14. The molecule has 4 heteroatoms. The van der Waals surface area contributed by atoms with Crippen molar-refractivity contribution in [3.05, 3.63) is 59.9 Å². The largest absolute Gasteiger partial charge is 0.493 e. The third-order valence-electron chi connectivity index (χ3n) is 2.79. The molecule has 0 amide bonds. The van der Waals surface area contributed by atoms with Crippen LogP contribution in [-0.4, -0.2) is 25.0 Å². The Morgan fingerprint density at radius 2 is 2.00 bits per heavy atom. The average molecular weight is 269 g/mol. The topological polar surface area (TPSA) is 48.4 Å². The average Bonchev–Trinajstić information content (AvgIpc) is 2.52. The number of rotatable bonds is 5. The lowest BCUT2D eigenvalue weighted by Gasteiger charge is -2.09. The molecule has 102 valence electrons. The fourth-order valence-electron chi connectivity index (χ4n) is 1.81. The molecule has 0 saturated carbocycles. The third-order valence-corrected chi connectivity index (χ3v) is 2.79. The fourth-order valence-corrected chi connectivity index (χ4v) is 1.81. The lowest BCUT2D eigenvalue weighted by Crippen LogP contribution is -1.95. The van der Waals surface area contributed by atoms with Gasteiger partial charge in [0.05, 0.1) is 14.2 Å². The number of benzene rings is 1. The molecule has 0 aliphatic carbocycles. The van der Waals surface area contributed by atoms with Crippen molar-refractivity contribution >= 4 is 11.9 Å². The summed E-state index contributed by atoms with van der Waals surface area (Å²) in [5, 5.41) is 0. The highest BCUT2D eigenvalue weighted by Crippen LogP contribution is 2.31. The van der Waals surface area contributed by atoms with E-state index < -0.39 is 0 Å². The number of pyridine rings is 1. The van der Waals surface area contributed by atoms with Crippen LogP contribution in [-0.2, 0) is 0 Å².